The van der Waals surface area contributed by atoms with Crippen LogP contribution in [0.15, 0.2) is 59.2 Å². The Bertz CT molecular complexity index is 1110. The van der Waals surface area contributed by atoms with Crippen LogP contribution in [0, 0.1) is 54.5 Å². The molecule has 1 aliphatic rings. The summed E-state index contributed by atoms with van der Waals surface area (Å²) in [6, 6.07) is 15.4. The van der Waals surface area contributed by atoms with Gasteiger partial charge in [-0.15, -0.1) is 53.6 Å². The average Bonchev–Trinajstić information content (AvgIpc) is 3.28. The molecular weight excluding hydrogens is 480 g/mol. The molecule has 0 heterocycles. The SMILES string of the molecule is CC1=[C-]C(C)C(C)=C1C.Cc1cc(-c2c[cH-]c3ccccc23)c(C)c(C)c1C.[CH3-].[CH3-].[Si]=[Zr]. The van der Waals surface area contributed by atoms with E-state index in [1.807, 2.05) is 0 Å². The van der Waals surface area contributed by atoms with Gasteiger partial charge in [0.15, 0.2) is 0 Å². The minimum atomic E-state index is 0. The fourth-order valence-corrected chi connectivity index (χ4v) is 4.04. The molecule has 0 spiro atoms. The Morgan fingerprint density at radius 3 is 1.94 bits per heavy atom. The molecule has 0 saturated heterocycles. The van der Waals surface area contributed by atoms with Crippen LogP contribution in [0.25, 0.3) is 21.9 Å². The van der Waals surface area contributed by atoms with Gasteiger partial charge < -0.3 is 14.9 Å². The molecule has 0 fully saturated rings. The fraction of sp³-hybridized carbons (Fsp3) is 0.300. The number of rotatable bonds is 1. The first kappa shape index (κ1) is 30.6. The zero-order valence-electron chi connectivity index (χ0n) is 21.6. The maximum absolute atomic E-state index is 3.36. The van der Waals surface area contributed by atoms with Gasteiger partial charge in [-0.1, -0.05) is 49.9 Å². The van der Waals surface area contributed by atoms with E-state index in [4.69, 9.17) is 0 Å². The second kappa shape index (κ2) is 13.4. The molecule has 0 aliphatic heterocycles. The van der Waals surface area contributed by atoms with Gasteiger partial charge in [0.2, 0.25) is 0 Å². The van der Waals surface area contributed by atoms with Crippen molar-refractivity contribution in [2.45, 2.75) is 55.4 Å². The van der Waals surface area contributed by atoms with Crippen LogP contribution in [-0.4, -0.2) is 6.88 Å². The Morgan fingerprint density at radius 1 is 0.844 bits per heavy atom. The Hall–Kier alpha value is -1.37. The average molecular weight is 518 g/mol. The zero-order valence-corrected chi connectivity index (χ0v) is 25.1. The molecule has 170 valence electrons. The van der Waals surface area contributed by atoms with Crippen LogP contribution in [0.5, 0.6) is 0 Å². The summed E-state index contributed by atoms with van der Waals surface area (Å²) in [7, 11) is 0. The molecule has 0 aromatic heterocycles. The molecule has 1 atom stereocenters. The Morgan fingerprint density at radius 2 is 1.44 bits per heavy atom. The van der Waals surface area contributed by atoms with Crippen molar-refractivity contribution < 1.29 is 23.3 Å². The number of allylic oxidation sites excluding steroid dienone is 4. The van der Waals surface area contributed by atoms with Gasteiger partial charge in [-0.05, 0) is 44.4 Å². The predicted octanol–water partition coefficient (Wildman–Crippen LogP) is 8.70. The van der Waals surface area contributed by atoms with Crippen molar-refractivity contribution in [3.63, 3.8) is 0 Å². The van der Waals surface area contributed by atoms with E-state index in [0.29, 0.717) is 5.92 Å². The van der Waals surface area contributed by atoms with Gasteiger partial charge in [-0.2, -0.15) is 11.1 Å². The van der Waals surface area contributed by atoms with Crippen LogP contribution in [0.4, 0.5) is 0 Å². The molecule has 32 heavy (non-hydrogen) atoms. The third-order valence-electron chi connectivity index (χ3n) is 6.69. The summed E-state index contributed by atoms with van der Waals surface area (Å²) < 4.78 is 0. The Kier molecular flexibility index (Phi) is 12.8. The molecule has 3 aromatic rings. The summed E-state index contributed by atoms with van der Waals surface area (Å²) in [6.45, 7) is 20.6. The standard InChI is InChI=1S/C19H19.C9H13.2CH3.Si.Zr/c1-12-11-19(15(4)14(3)13(12)2)18-10-9-16-7-5-6-8-17(16)18;1-6-5-7(2)9(4)8(6)3;;;;/h5-11H,1-4H3;6H,1-4H3;2*1H3;;/q4*-1;;. The fourth-order valence-electron chi connectivity index (χ4n) is 4.04. The zero-order chi connectivity index (χ0) is 22.6. The van der Waals surface area contributed by atoms with Crippen LogP contribution >= 0.6 is 0 Å². The van der Waals surface area contributed by atoms with Gasteiger partial charge in [0.25, 0.3) is 0 Å². The van der Waals surface area contributed by atoms with E-state index in [2.05, 4.69) is 111 Å². The summed E-state index contributed by atoms with van der Waals surface area (Å²) in [5, 5.41) is 2.68. The summed E-state index contributed by atoms with van der Waals surface area (Å²) in [4.78, 5) is 0. The van der Waals surface area contributed by atoms with Crippen LogP contribution in [0.1, 0.15) is 49.9 Å². The van der Waals surface area contributed by atoms with Gasteiger partial charge in [0, 0.05) is 0 Å². The van der Waals surface area contributed by atoms with Gasteiger partial charge in [-0.25, -0.2) is 5.57 Å². The van der Waals surface area contributed by atoms with Crippen molar-refractivity contribution in [2.24, 2.45) is 5.92 Å². The molecule has 0 saturated carbocycles. The molecule has 0 N–H and O–H groups in total. The molecule has 0 nitrogen and oxygen atoms in total. The van der Waals surface area contributed by atoms with Crippen molar-refractivity contribution in [2.75, 3.05) is 0 Å². The summed E-state index contributed by atoms with van der Waals surface area (Å²) in [6.07, 6.45) is 3.36. The predicted molar refractivity (Wildman–Crippen MR) is 142 cm³/mol. The van der Waals surface area contributed by atoms with Crippen LogP contribution in [0.3, 0.4) is 0 Å². The van der Waals surface area contributed by atoms with Crippen molar-refractivity contribution in [3.8, 4) is 11.1 Å². The molecule has 2 heteroatoms. The molecule has 1 aliphatic carbocycles. The van der Waals surface area contributed by atoms with Gasteiger partial charge in [0.05, 0.1) is 0 Å². The van der Waals surface area contributed by atoms with Crippen LogP contribution in [0.2, 0.25) is 0 Å². The number of aryl methyl sites for hydroxylation is 1. The molecule has 0 amide bonds. The van der Waals surface area contributed by atoms with Crippen LogP contribution < -0.4 is 0 Å². The number of benzene rings is 2. The summed E-state index contributed by atoms with van der Waals surface area (Å²) in [5.41, 5.74) is 12.6. The molecule has 4 rings (SSSR count). The van der Waals surface area contributed by atoms with E-state index >= 15 is 0 Å². The number of fused-ring (bicyclic) bond motifs is 1. The van der Waals surface area contributed by atoms with E-state index in [-0.39, 0.29) is 14.9 Å². The number of hydrogen-bond acceptors (Lipinski definition) is 0. The third kappa shape index (κ3) is 6.36. The monoisotopic (exact) mass is 516 g/mol. The van der Waals surface area contributed by atoms with Crippen molar-refractivity contribution in [1.29, 1.82) is 0 Å². The molecule has 1 unspecified atom stereocenters. The molecule has 0 bridgehead atoms. The second-order valence-electron chi connectivity index (χ2n) is 8.25. The van der Waals surface area contributed by atoms with Crippen molar-refractivity contribution in [1.82, 2.24) is 0 Å². The van der Waals surface area contributed by atoms with E-state index in [9.17, 15) is 0 Å². The summed E-state index contributed by atoms with van der Waals surface area (Å²) in [5.74, 6) is 0.560. The van der Waals surface area contributed by atoms with E-state index in [1.165, 1.54) is 84.2 Å². The normalized spacial score (nSPS) is 14.3. The quantitative estimate of drug-likeness (QED) is 0.224. The van der Waals surface area contributed by atoms with Crippen LogP contribution in [-0.2, 0) is 23.3 Å². The topological polar surface area (TPSA) is 0 Å². The first-order chi connectivity index (χ1) is 14.2. The molecule has 3 aromatic carbocycles. The van der Waals surface area contributed by atoms with E-state index < -0.39 is 0 Å². The molecular formula is C30H38SiZr-4. The van der Waals surface area contributed by atoms with E-state index in [1.54, 1.807) is 0 Å². The first-order valence-electron chi connectivity index (χ1n) is 10.5. The number of hydrogen-bond donors (Lipinski definition) is 0. The Balaban J connectivity index is 0.000000632. The first-order valence-corrected chi connectivity index (χ1v) is 14.7. The van der Waals surface area contributed by atoms with Gasteiger partial charge in [0.1, 0.15) is 0 Å². The summed E-state index contributed by atoms with van der Waals surface area (Å²) >= 11 is 1.36. The third-order valence-corrected chi connectivity index (χ3v) is 6.69. The maximum atomic E-state index is 3.36. The Labute approximate surface area is 214 Å². The van der Waals surface area contributed by atoms with Crippen molar-refractivity contribution in [3.05, 3.63) is 102 Å². The molecule has 2 radical (unpaired) electrons. The second-order valence-corrected chi connectivity index (χ2v) is 8.25. The minimum absolute atomic E-state index is 0. The van der Waals surface area contributed by atoms with Gasteiger partial charge in [-0.3, -0.25) is 6.08 Å². The van der Waals surface area contributed by atoms with Gasteiger partial charge >= 0.3 is 30.2 Å². The van der Waals surface area contributed by atoms with E-state index in [0.717, 1.165) is 0 Å². The van der Waals surface area contributed by atoms with Crippen molar-refractivity contribution >= 4 is 17.7 Å².